The van der Waals surface area contributed by atoms with Gasteiger partial charge in [-0.15, -0.1) is 11.3 Å². The van der Waals surface area contributed by atoms with Gasteiger partial charge in [-0.2, -0.15) is 0 Å². The highest BCUT2D eigenvalue weighted by atomic mass is 35.5. The molecule has 0 saturated carbocycles. The van der Waals surface area contributed by atoms with Gasteiger partial charge in [0.2, 0.25) is 0 Å². The summed E-state index contributed by atoms with van der Waals surface area (Å²) in [6.07, 6.45) is 0. The molecule has 3 rings (SSSR count). The largest absolute Gasteiger partial charge is 0.462 e. The molecule has 2 aromatic carbocycles. The van der Waals surface area contributed by atoms with Gasteiger partial charge in [0.05, 0.1) is 27.6 Å². The minimum absolute atomic E-state index is 0.153. The number of carbonyl (C=O) groups is 3. The molecule has 0 radical (unpaired) electrons. The number of para-hydroxylation sites is 1. The van der Waals surface area contributed by atoms with Gasteiger partial charge >= 0.3 is 5.97 Å². The lowest BCUT2D eigenvalue weighted by Crippen LogP contribution is -2.15. The molecule has 6 nitrogen and oxygen atoms in total. The number of hydrogen-bond acceptors (Lipinski definition) is 5. The molecule has 0 bridgehead atoms. The van der Waals surface area contributed by atoms with E-state index in [9.17, 15) is 14.4 Å². The van der Waals surface area contributed by atoms with Crippen LogP contribution in [0.4, 0.5) is 10.7 Å². The first-order valence-corrected chi connectivity index (χ1v) is 10.3. The number of halogens is 1. The predicted octanol–water partition coefficient (Wildman–Crippen LogP) is 5.39. The Bertz CT molecular complexity index is 1100. The summed E-state index contributed by atoms with van der Waals surface area (Å²) in [5.74, 6) is -1.48. The van der Waals surface area contributed by atoms with Crippen molar-refractivity contribution in [2.75, 3.05) is 17.2 Å². The summed E-state index contributed by atoms with van der Waals surface area (Å²) in [6.45, 7) is 3.50. The van der Waals surface area contributed by atoms with E-state index in [1.54, 1.807) is 62.4 Å². The number of ether oxygens (including phenoxy) is 1. The van der Waals surface area contributed by atoms with Crippen molar-refractivity contribution in [2.24, 2.45) is 0 Å². The normalized spacial score (nSPS) is 10.4. The topological polar surface area (TPSA) is 84.5 Å². The first kappa shape index (κ1) is 21.5. The lowest BCUT2D eigenvalue weighted by atomic mass is 10.1. The number of benzene rings is 2. The van der Waals surface area contributed by atoms with Crippen molar-refractivity contribution in [1.29, 1.82) is 0 Å². The number of esters is 1. The van der Waals surface area contributed by atoms with Crippen LogP contribution in [0.2, 0.25) is 5.02 Å². The van der Waals surface area contributed by atoms with E-state index in [1.165, 1.54) is 0 Å². The Labute approximate surface area is 182 Å². The van der Waals surface area contributed by atoms with Crippen molar-refractivity contribution >= 4 is 51.4 Å². The summed E-state index contributed by atoms with van der Waals surface area (Å²) >= 11 is 7.11. The highest BCUT2D eigenvalue weighted by Crippen LogP contribution is 2.35. The number of anilines is 2. The van der Waals surface area contributed by atoms with Gasteiger partial charge in [-0.1, -0.05) is 41.9 Å². The third-order valence-corrected chi connectivity index (χ3v) is 5.75. The Morgan fingerprint density at radius 2 is 1.63 bits per heavy atom. The average Bonchev–Trinajstić information content (AvgIpc) is 3.05. The molecule has 0 unspecified atom stereocenters. The summed E-state index contributed by atoms with van der Waals surface area (Å²) in [6, 6.07) is 15.5. The number of thiophene rings is 1. The Hall–Kier alpha value is -3.16. The standard InChI is InChI=1S/C22H19ClN2O4S/c1-3-29-22(28)17-13(2)18(20(27)24-14-9-5-4-6-10-14)30-21(17)25-19(26)15-11-7-8-12-16(15)23/h4-12H,3H2,1-2H3,(H,24,27)(H,25,26). The van der Waals surface area contributed by atoms with Crippen molar-refractivity contribution in [3.8, 4) is 0 Å². The molecule has 0 aliphatic heterocycles. The van der Waals surface area contributed by atoms with Crippen molar-refractivity contribution in [3.63, 3.8) is 0 Å². The Kier molecular flexibility index (Phi) is 6.87. The molecular formula is C22H19ClN2O4S. The summed E-state index contributed by atoms with van der Waals surface area (Å²) < 4.78 is 5.13. The van der Waals surface area contributed by atoms with Gasteiger partial charge in [-0.05, 0) is 43.7 Å². The second-order valence-electron chi connectivity index (χ2n) is 6.23. The average molecular weight is 443 g/mol. The lowest BCUT2D eigenvalue weighted by Gasteiger charge is -2.08. The number of carbonyl (C=O) groups excluding carboxylic acids is 3. The maximum absolute atomic E-state index is 12.8. The highest BCUT2D eigenvalue weighted by molar-refractivity contribution is 7.19. The highest BCUT2D eigenvalue weighted by Gasteiger charge is 2.27. The van der Waals surface area contributed by atoms with Gasteiger partial charge in [0.1, 0.15) is 5.00 Å². The van der Waals surface area contributed by atoms with Gasteiger partial charge in [0.15, 0.2) is 0 Å². The second kappa shape index (κ2) is 9.56. The van der Waals surface area contributed by atoms with Crippen LogP contribution < -0.4 is 10.6 Å². The summed E-state index contributed by atoms with van der Waals surface area (Å²) in [4.78, 5) is 38.4. The van der Waals surface area contributed by atoms with Crippen molar-refractivity contribution in [1.82, 2.24) is 0 Å². The molecule has 2 N–H and O–H groups in total. The molecule has 0 saturated heterocycles. The monoisotopic (exact) mass is 442 g/mol. The fraction of sp³-hybridized carbons (Fsp3) is 0.136. The van der Waals surface area contributed by atoms with Gasteiger partial charge in [0.25, 0.3) is 11.8 Å². The van der Waals surface area contributed by atoms with Crippen LogP contribution in [0.15, 0.2) is 54.6 Å². The molecule has 0 spiro atoms. The van der Waals surface area contributed by atoms with E-state index < -0.39 is 11.9 Å². The van der Waals surface area contributed by atoms with Crippen LogP contribution in [0, 0.1) is 6.92 Å². The molecule has 1 aromatic heterocycles. The zero-order chi connectivity index (χ0) is 21.7. The minimum atomic E-state index is -0.612. The minimum Gasteiger partial charge on any atom is -0.462 e. The lowest BCUT2D eigenvalue weighted by molar-refractivity contribution is 0.0527. The molecule has 0 atom stereocenters. The van der Waals surface area contributed by atoms with Crippen LogP contribution >= 0.6 is 22.9 Å². The zero-order valence-corrected chi connectivity index (χ0v) is 17.9. The molecule has 30 heavy (non-hydrogen) atoms. The molecule has 3 aromatic rings. The van der Waals surface area contributed by atoms with Gasteiger partial charge < -0.3 is 15.4 Å². The third kappa shape index (κ3) is 4.69. The smallest absolute Gasteiger partial charge is 0.341 e. The van der Waals surface area contributed by atoms with Crippen LogP contribution in [-0.4, -0.2) is 24.4 Å². The van der Waals surface area contributed by atoms with E-state index in [1.807, 2.05) is 6.07 Å². The molecule has 2 amide bonds. The first-order valence-electron chi connectivity index (χ1n) is 9.15. The van der Waals surface area contributed by atoms with Crippen molar-refractivity contribution < 1.29 is 19.1 Å². The van der Waals surface area contributed by atoms with Crippen molar-refractivity contribution in [3.05, 3.63) is 81.2 Å². The number of hydrogen-bond donors (Lipinski definition) is 2. The van der Waals surface area contributed by atoms with E-state index in [-0.39, 0.29) is 33.7 Å². The van der Waals surface area contributed by atoms with Gasteiger partial charge in [-0.25, -0.2) is 4.79 Å². The molecule has 154 valence electrons. The van der Waals surface area contributed by atoms with Gasteiger partial charge in [-0.3, -0.25) is 9.59 Å². The fourth-order valence-electron chi connectivity index (χ4n) is 2.79. The summed E-state index contributed by atoms with van der Waals surface area (Å²) in [5, 5.41) is 6.00. The molecule has 1 heterocycles. The Morgan fingerprint density at radius 1 is 0.967 bits per heavy atom. The van der Waals surface area contributed by atoms with E-state index in [0.29, 0.717) is 16.1 Å². The fourth-order valence-corrected chi connectivity index (χ4v) is 4.10. The molecular weight excluding hydrogens is 424 g/mol. The number of rotatable bonds is 6. The maximum atomic E-state index is 12.8. The van der Waals surface area contributed by atoms with Crippen LogP contribution in [0.1, 0.15) is 42.9 Å². The number of nitrogens with one attached hydrogen (secondary N) is 2. The molecule has 0 fully saturated rings. The zero-order valence-electron chi connectivity index (χ0n) is 16.3. The molecule has 8 heteroatoms. The SMILES string of the molecule is CCOC(=O)c1c(NC(=O)c2ccccc2Cl)sc(C(=O)Nc2ccccc2)c1C. The van der Waals surface area contributed by atoms with Crippen molar-refractivity contribution in [2.45, 2.75) is 13.8 Å². The van der Waals surface area contributed by atoms with E-state index >= 15 is 0 Å². The summed E-state index contributed by atoms with van der Waals surface area (Å²) in [5.41, 5.74) is 1.46. The van der Waals surface area contributed by atoms with Crippen LogP contribution in [0.5, 0.6) is 0 Å². The first-order chi connectivity index (χ1) is 14.4. The van der Waals surface area contributed by atoms with E-state index in [2.05, 4.69) is 10.6 Å². The van der Waals surface area contributed by atoms with E-state index in [4.69, 9.17) is 16.3 Å². The number of amides is 2. The Morgan fingerprint density at radius 3 is 2.30 bits per heavy atom. The molecule has 0 aliphatic carbocycles. The Balaban J connectivity index is 1.96. The summed E-state index contributed by atoms with van der Waals surface area (Å²) in [7, 11) is 0. The van der Waals surface area contributed by atoms with Crippen LogP contribution in [0.3, 0.4) is 0 Å². The predicted molar refractivity (Wildman–Crippen MR) is 119 cm³/mol. The molecule has 0 aliphatic rings. The quantitative estimate of drug-likeness (QED) is 0.501. The third-order valence-electron chi connectivity index (χ3n) is 4.21. The van der Waals surface area contributed by atoms with Gasteiger partial charge in [0, 0.05) is 5.69 Å². The second-order valence-corrected chi connectivity index (χ2v) is 7.66. The van der Waals surface area contributed by atoms with Crippen LogP contribution in [-0.2, 0) is 4.74 Å². The van der Waals surface area contributed by atoms with E-state index in [0.717, 1.165) is 11.3 Å². The maximum Gasteiger partial charge on any atom is 0.341 e. The van der Waals surface area contributed by atoms with Crippen LogP contribution in [0.25, 0.3) is 0 Å².